The van der Waals surface area contributed by atoms with Crippen LogP contribution in [0.4, 0.5) is 0 Å². The molecule has 0 atom stereocenters. The smallest absolute Gasteiger partial charge is 0.187 e. The van der Waals surface area contributed by atoms with Crippen LogP contribution in [0.2, 0.25) is 0 Å². The quantitative estimate of drug-likeness (QED) is 0.466. The molecule has 0 N–H and O–H groups in total. The second kappa shape index (κ2) is 9.47. The lowest BCUT2D eigenvalue weighted by atomic mass is 10.1. The summed E-state index contributed by atoms with van der Waals surface area (Å²) in [6.45, 7) is 2.25. The topological polar surface area (TPSA) is 26.3 Å². The highest BCUT2D eigenvalue weighted by atomic mass is 31.1. The van der Waals surface area contributed by atoms with Crippen LogP contribution in [0.1, 0.15) is 50.7 Å². The van der Waals surface area contributed by atoms with Gasteiger partial charge in [0.1, 0.15) is 6.26 Å². The van der Waals surface area contributed by atoms with Crippen molar-refractivity contribution in [2.24, 2.45) is 0 Å². The minimum absolute atomic E-state index is 0.836. The van der Waals surface area contributed by atoms with Crippen molar-refractivity contribution in [3.05, 3.63) is 29.8 Å². The zero-order valence-corrected chi connectivity index (χ0v) is 10.9. The number of hydrogen-bond donors (Lipinski definition) is 0. The molecule has 0 fully saturated rings. The molecule has 0 unspecified atom stereocenters. The lowest BCUT2D eigenvalue weighted by Crippen LogP contribution is -1.82. The molecule has 1 heterocycles. The fourth-order valence-electron chi connectivity index (χ4n) is 1.58. The molecule has 2 nitrogen and oxygen atoms in total. The Morgan fingerprint density at radius 3 is 2.75 bits per heavy atom. The zero-order chi connectivity index (χ0) is 11.5. The van der Waals surface area contributed by atoms with Crippen LogP contribution >= 0.6 is 8.43 Å². The van der Waals surface area contributed by atoms with Crippen LogP contribution in [0, 0.1) is 0 Å². The van der Waals surface area contributed by atoms with E-state index in [0.29, 0.717) is 0 Å². The standard InChI is InChI=1S/C13H21O2P/c1-2-3-4-5-6-7-10-13-11-8-9-12-14-15-16-13/h8-9,11-12H,2-7,10H2,1H3. The molecule has 90 valence electrons. The van der Waals surface area contributed by atoms with Gasteiger partial charge in [0.25, 0.3) is 0 Å². The van der Waals surface area contributed by atoms with Crippen LogP contribution in [0.3, 0.4) is 0 Å². The first-order chi connectivity index (χ1) is 7.93. The Balaban J connectivity index is 2.19. The van der Waals surface area contributed by atoms with Crippen molar-refractivity contribution in [1.29, 1.82) is 0 Å². The first-order valence-electron chi connectivity index (χ1n) is 6.16. The van der Waals surface area contributed by atoms with E-state index in [0.717, 1.165) is 14.9 Å². The molecule has 0 spiro atoms. The summed E-state index contributed by atoms with van der Waals surface area (Å²) >= 11 is 0. The van der Waals surface area contributed by atoms with E-state index in [-0.39, 0.29) is 0 Å². The normalized spacial score (nSPS) is 10.6. The molecule has 0 aliphatic heterocycles. The molecular formula is C13H21O2P. The van der Waals surface area contributed by atoms with Gasteiger partial charge in [-0.05, 0) is 18.9 Å². The highest BCUT2D eigenvalue weighted by Gasteiger charge is 1.94. The Morgan fingerprint density at radius 1 is 1.06 bits per heavy atom. The van der Waals surface area contributed by atoms with Gasteiger partial charge in [-0.2, -0.15) is 0 Å². The molecule has 1 rings (SSSR count). The Labute approximate surface area is 99.5 Å². The van der Waals surface area contributed by atoms with E-state index in [4.69, 9.17) is 8.93 Å². The second-order valence-electron chi connectivity index (χ2n) is 3.96. The fourth-order valence-corrected chi connectivity index (χ4v) is 2.17. The van der Waals surface area contributed by atoms with Crippen molar-refractivity contribution in [2.45, 2.75) is 51.9 Å². The van der Waals surface area contributed by atoms with Gasteiger partial charge in [0.05, 0.1) is 0 Å². The van der Waals surface area contributed by atoms with Gasteiger partial charge in [0, 0.05) is 5.30 Å². The highest BCUT2D eigenvalue weighted by molar-refractivity contribution is 7.23. The van der Waals surface area contributed by atoms with Crippen molar-refractivity contribution in [3.63, 3.8) is 0 Å². The van der Waals surface area contributed by atoms with E-state index < -0.39 is 0 Å². The maximum Gasteiger partial charge on any atom is 0.187 e. The van der Waals surface area contributed by atoms with Crippen molar-refractivity contribution >= 4 is 8.43 Å². The van der Waals surface area contributed by atoms with Crippen LogP contribution in [0.15, 0.2) is 33.4 Å². The maximum atomic E-state index is 4.98. The fraction of sp³-hybridized carbons (Fsp3) is 0.615. The van der Waals surface area contributed by atoms with Gasteiger partial charge >= 0.3 is 0 Å². The van der Waals surface area contributed by atoms with E-state index in [9.17, 15) is 0 Å². The lowest BCUT2D eigenvalue weighted by molar-refractivity contribution is 0.101. The summed E-state index contributed by atoms with van der Waals surface area (Å²) in [5, 5.41) is 1.29. The monoisotopic (exact) mass is 240 g/mol. The van der Waals surface area contributed by atoms with Gasteiger partial charge in [-0.1, -0.05) is 51.2 Å². The lowest BCUT2D eigenvalue weighted by Gasteiger charge is -1.99. The highest BCUT2D eigenvalue weighted by Crippen LogP contribution is 2.15. The number of hydrogen-bond acceptors (Lipinski definition) is 2. The molecule has 0 aliphatic rings. The summed E-state index contributed by atoms with van der Waals surface area (Å²) in [6.07, 6.45) is 10.7. The number of unbranched alkanes of at least 4 members (excludes halogenated alkanes) is 5. The predicted octanol–water partition coefficient (Wildman–Crippen LogP) is 5.48. The predicted molar refractivity (Wildman–Crippen MR) is 68.2 cm³/mol. The van der Waals surface area contributed by atoms with E-state index in [1.807, 2.05) is 12.1 Å². The maximum absolute atomic E-state index is 4.98. The van der Waals surface area contributed by atoms with E-state index in [1.54, 1.807) is 6.26 Å². The van der Waals surface area contributed by atoms with Crippen LogP contribution in [-0.2, 0) is 6.42 Å². The molecule has 0 aliphatic carbocycles. The summed E-state index contributed by atoms with van der Waals surface area (Å²) in [6, 6.07) is 5.96. The molecular weight excluding hydrogens is 219 g/mol. The van der Waals surface area contributed by atoms with Crippen LogP contribution < -0.4 is 0 Å². The van der Waals surface area contributed by atoms with Crippen LogP contribution in [0.25, 0.3) is 0 Å². The molecule has 0 bridgehead atoms. The van der Waals surface area contributed by atoms with Crippen molar-refractivity contribution in [3.8, 4) is 0 Å². The van der Waals surface area contributed by atoms with Crippen molar-refractivity contribution in [1.82, 2.24) is 0 Å². The number of rotatable bonds is 7. The Bertz CT molecular complexity index is 283. The summed E-state index contributed by atoms with van der Waals surface area (Å²) in [7, 11) is 0.836. The summed E-state index contributed by atoms with van der Waals surface area (Å²) in [4.78, 5) is 0. The van der Waals surface area contributed by atoms with Gasteiger partial charge in [0.15, 0.2) is 8.43 Å². The molecule has 0 saturated heterocycles. The molecule has 1 aromatic rings. The minimum atomic E-state index is 0.836. The van der Waals surface area contributed by atoms with Gasteiger partial charge in [-0.3, -0.25) is 8.93 Å². The SMILES string of the molecule is CCCCCCCCc1ccccoop1. The van der Waals surface area contributed by atoms with Gasteiger partial charge in [-0.25, -0.2) is 0 Å². The Kier molecular flexibility index (Phi) is 7.88. The number of aryl methyl sites for hydroxylation is 1. The third-order valence-corrected chi connectivity index (χ3v) is 3.29. The van der Waals surface area contributed by atoms with Crippen LogP contribution in [0.5, 0.6) is 0 Å². The third kappa shape index (κ3) is 6.68. The average Bonchev–Trinajstić information content (AvgIpc) is 2.25. The molecule has 0 radical (unpaired) electrons. The van der Waals surface area contributed by atoms with E-state index in [1.165, 1.54) is 43.8 Å². The Hall–Kier alpha value is -0.750. The van der Waals surface area contributed by atoms with Gasteiger partial charge in [0.2, 0.25) is 0 Å². The third-order valence-electron chi connectivity index (χ3n) is 2.52. The molecule has 0 saturated carbocycles. The van der Waals surface area contributed by atoms with Gasteiger partial charge < -0.3 is 0 Å². The molecule has 0 aromatic carbocycles. The first kappa shape index (κ1) is 13.3. The van der Waals surface area contributed by atoms with Crippen LogP contribution in [-0.4, -0.2) is 0 Å². The van der Waals surface area contributed by atoms with Crippen molar-refractivity contribution < 1.29 is 8.93 Å². The average molecular weight is 240 g/mol. The summed E-state index contributed by atoms with van der Waals surface area (Å²) in [5.41, 5.74) is 0. The zero-order valence-electron chi connectivity index (χ0n) is 10.0. The molecule has 1 aromatic heterocycles. The minimum Gasteiger partial charge on any atom is -0.295 e. The molecule has 0 amide bonds. The first-order valence-corrected chi connectivity index (χ1v) is 6.97. The van der Waals surface area contributed by atoms with Crippen molar-refractivity contribution in [2.75, 3.05) is 0 Å². The Morgan fingerprint density at radius 2 is 1.88 bits per heavy atom. The summed E-state index contributed by atoms with van der Waals surface area (Å²) < 4.78 is 9.78. The second-order valence-corrected chi connectivity index (χ2v) is 4.86. The molecule has 16 heavy (non-hydrogen) atoms. The van der Waals surface area contributed by atoms with E-state index in [2.05, 4.69) is 13.0 Å². The largest absolute Gasteiger partial charge is 0.295 e. The van der Waals surface area contributed by atoms with Gasteiger partial charge in [-0.15, -0.1) is 0 Å². The summed E-state index contributed by atoms with van der Waals surface area (Å²) in [5.74, 6) is 0. The molecule has 3 heteroatoms. The van der Waals surface area contributed by atoms with E-state index >= 15 is 0 Å².